The highest BCUT2D eigenvalue weighted by Gasteiger charge is 2.36. The van der Waals surface area contributed by atoms with Crippen molar-refractivity contribution in [3.8, 4) is 39.5 Å². The summed E-state index contributed by atoms with van der Waals surface area (Å²) in [5.74, 6) is 1.49. The van der Waals surface area contributed by atoms with E-state index in [9.17, 15) is 8.42 Å². The van der Waals surface area contributed by atoms with Gasteiger partial charge in [-0.15, -0.1) is 0 Å². The average Bonchev–Trinajstić information content (AvgIpc) is 3.19. The number of benzene rings is 3. The van der Waals surface area contributed by atoms with Crippen LogP contribution in [0.15, 0.2) is 74.5 Å². The Labute approximate surface area is 209 Å². The lowest BCUT2D eigenvalue weighted by Crippen LogP contribution is -2.29. The number of aromatic amines is 1. The molecule has 0 amide bonds. The monoisotopic (exact) mass is 586 g/mol. The molecular formula is C25H20Br2N2O3S. The molecule has 5 nitrogen and oxygen atoms in total. The number of imidazole rings is 1. The normalized spacial score (nSPS) is 14.3. The first kappa shape index (κ1) is 22.4. The first-order valence-electron chi connectivity index (χ1n) is 10.2. The Morgan fingerprint density at radius 3 is 2.21 bits per heavy atom. The molecule has 0 bridgehead atoms. The summed E-state index contributed by atoms with van der Waals surface area (Å²) in [6.07, 6.45) is 1.21. The van der Waals surface area contributed by atoms with Crippen molar-refractivity contribution in [2.24, 2.45) is 0 Å². The number of rotatable bonds is 3. The largest absolute Gasteiger partial charge is 0.481 e. The van der Waals surface area contributed by atoms with Gasteiger partial charge >= 0.3 is 0 Å². The topological polar surface area (TPSA) is 72.1 Å². The molecule has 0 saturated heterocycles. The Morgan fingerprint density at radius 2 is 1.58 bits per heavy atom. The van der Waals surface area contributed by atoms with Crippen LogP contribution in [0.5, 0.6) is 5.75 Å². The Bertz CT molecular complexity index is 1490. The van der Waals surface area contributed by atoms with E-state index in [1.807, 2.05) is 62.4 Å². The molecule has 0 fully saturated rings. The smallest absolute Gasteiger partial charge is 0.175 e. The molecule has 0 saturated carbocycles. The van der Waals surface area contributed by atoms with Gasteiger partial charge in [-0.2, -0.15) is 0 Å². The molecule has 0 spiro atoms. The van der Waals surface area contributed by atoms with E-state index >= 15 is 0 Å². The third-order valence-corrected chi connectivity index (χ3v) is 8.17. The molecule has 1 aliphatic rings. The van der Waals surface area contributed by atoms with E-state index in [2.05, 4.69) is 36.8 Å². The summed E-state index contributed by atoms with van der Waals surface area (Å²) in [5, 5.41) is 0. The minimum Gasteiger partial charge on any atom is -0.481 e. The molecule has 1 aromatic heterocycles. The van der Waals surface area contributed by atoms with Gasteiger partial charge in [0.1, 0.15) is 17.2 Å². The zero-order chi connectivity index (χ0) is 23.5. The fourth-order valence-corrected chi connectivity index (χ4v) is 6.05. The molecule has 168 valence electrons. The van der Waals surface area contributed by atoms with Crippen LogP contribution < -0.4 is 4.74 Å². The van der Waals surface area contributed by atoms with Gasteiger partial charge in [-0.3, -0.25) is 0 Å². The number of fused-ring (bicyclic) bond motifs is 3. The SMILES string of the molecule is CC1(C)Oc2cc(-c3ccc(S(C)(=O)=O)cc3)ccc2-c2nc(-c3c(Br)cccc3Br)[nH]c21. The number of sulfone groups is 1. The summed E-state index contributed by atoms with van der Waals surface area (Å²) >= 11 is 7.26. The predicted octanol–water partition coefficient (Wildman–Crippen LogP) is 6.97. The third-order valence-electron chi connectivity index (χ3n) is 5.72. The molecule has 0 aliphatic carbocycles. The number of hydrogen-bond acceptors (Lipinski definition) is 4. The van der Waals surface area contributed by atoms with Gasteiger partial charge in [0, 0.05) is 26.3 Å². The van der Waals surface area contributed by atoms with Crippen LogP contribution in [0.4, 0.5) is 0 Å². The molecule has 33 heavy (non-hydrogen) atoms. The van der Waals surface area contributed by atoms with Gasteiger partial charge in [0.05, 0.1) is 16.3 Å². The van der Waals surface area contributed by atoms with Crippen molar-refractivity contribution in [1.29, 1.82) is 0 Å². The second-order valence-electron chi connectivity index (χ2n) is 8.53. The van der Waals surface area contributed by atoms with Crippen LogP contribution in [0.25, 0.3) is 33.8 Å². The predicted molar refractivity (Wildman–Crippen MR) is 137 cm³/mol. The number of aromatic nitrogens is 2. The lowest BCUT2D eigenvalue weighted by molar-refractivity contribution is 0.101. The first-order chi connectivity index (χ1) is 15.5. The van der Waals surface area contributed by atoms with Gasteiger partial charge in [0.25, 0.3) is 0 Å². The van der Waals surface area contributed by atoms with Crippen LogP contribution in [-0.2, 0) is 15.4 Å². The van der Waals surface area contributed by atoms with E-state index in [1.165, 1.54) is 6.26 Å². The first-order valence-corrected chi connectivity index (χ1v) is 13.7. The van der Waals surface area contributed by atoms with Crippen LogP contribution in [0, 0.1) is 0 Å². The minimum atomic E-state index is -3.23. The van der Waals surface area contributed by atoms with Crippen molar-refractivity contribution in [2.45, 2.75) is 24.3 Å². The molecule has 0 unspecified atom stereocenters. The highest BCUT2D eigenvalue weighted by Crippen LogP contribution is 2.47. The number of H-pyrrole nitrogens is 1. The van der Waals surface area contributed by atoms with E-state index in [4.69, 9.17) is 9.72 Å². The number of nitrogens with zero attached hydrogens (tertiary/aromatic N) is 1. The van der Waals surface area contributed by atoms with Crippen molar-refractivity contribution in [3.05, 3.63) is 75.3 Å². The molecule has 5 rings (SSSR count). The zero-order valence-electron chi connectivity index (χ0n) is 18.1. The van der Waals surface area contributed by atoms with Gasteiger partial charge in [-0.25, -0.2) is 13.4 Å². The van der Waals surface area contributed by atoms with Crippen LogP contribution in [0.2, 0.25) is 0 Å². The van der Waals surface area contributed by atoms with E-state index in [-0.39, 0.29) is 0 Å². The molecule has 3 aromatic carbocycles. The Hall–Kier alpha value is -2.42. The van der Waals surface area contributed by atoms with Gasteiger partial charge in [-0.05, 0) is 93.2 Å². The van der Waals surface area contributed by atoms with E-state index in [0.29, 0.717) is 4.90 Å². The van der Waals surface area contributed by atoms with Crippen molar-refractivity contribution in [1.82, 2.24) is 9.97 Å². The fourth-order valence-electron chi connectivity index (χ4n) is 4.05. The lowest BCUT2D eigenvalue weighted by Gasteiger charge is -2.32. The van der Waals surface area contributed by atoms with Crippen LogP contribution in [0.3, 0.4) is 0 Å². The molecular weight excluding hydrogens is 568 g/mol. The summed E-state index contributed by atoms with van der Waals surface area (Å²) in [6, 6.07) is 18.8. The highest BCUT2D eigenvalue weighted by molar-refractivity contribution is 9.11. The summed E-state index contributed by atoms with van der Waals surface area (Å²) in [4.78, 5) is 8.73. The molecule has 1 aliphatic heterocycles. The van der Waals surface area contributed by atoms with E-state index < -0.39 is 15.4 Å². The molecule has 2 heterocycles. The number of hydrogen-bond donors (Lipinski definition) is 1. The van der Waals surface area contributed by atoms with Crippen molar-refractivity contribution < 1.29 is 13.2 Å². The minimum absolute atomic E-state index is 0.300. The van der Waals surface area contributed by atoms with Crippen molar-refractivity contribution >= 4 is 41.7 Å². The quantitative estimate of drug-likeness (QED) is 0.281. The van der Waals surface area contributed by atoms with Crippen molar-refractivity contribution in [2.75, 3.05) is 6.26 Å². The fraction of sp³-hybridized carbons (Fsp3) is 0.160. The maximum Gasteiger partial charge on any atom is 0.175 e. The van der Waals surface area contributed by atoms with Gasteiger partial charge < -0.3 is 9.72 Å². The molecule has 4 aromatic rings. The summed E-state index contributed by atoms with van der Waals surface area (Å²) < 4.78 is 31.8. The number of ether oxygens (including phenoxy) is 1. The number of nitrogens with one attached hydrogen (secondary N) is 1. The zero-order valence-corrected chi connectivity index (χ0v) is 22.1. The summed E-state index contributed by atoms with van der Waals surface area (Å²) in [5.41, 5.74) is 4.88. The lowest BCUT2D eigenvalue weighted by atomic mass is 9.93. The molecule has 8 heteroatoms. The van der Waals surface area contributed by atoms with E-state index in [0.717, 1.165) is 54.2 Å². The number of halogens is 2. The summed E-state index contributed by atoms with van der Waals surface area (Å²) in [6.45, 7) is 4.03. The average molecular weight is 588 g/mol. The second-order valence-corrected chi connectivity index (χ2v) is 12.2. The maximum atomic E-state index is 11.8. The Kier molecular flexibility index (Phi) is 5.30. The second kappa shape index (κ2) is 7.82. The molecule has 0 atom stereocenters. The maximum absolute atomic E-state index is 11.8. The summed E-state index contributed by atoms with van der Waals surface area (Å²) in [7, 11) is -3.23. The van der Waals surface area contributed by atoms with Gasteiger partial charge in [-0.1, -0.05) is 24.3 Å². The highest BCUT2D eigenvalue weighted by atomic mass is 79.9. The van der Waals surface area contributed by atoms with Crippen LogP contribution in [-0.4, -0.2) is 24.6 Å². The molecule has 1 N–H and O–H groups in total. The molecule has 0 radical (unpaired) electrons. The Balaban J connectivity index is 1.61. The van der Waals surface area contributed by atoms with Crippen molar-refractivity contribution in [3.63, 3.8) is 0 Å². The van der Waals surface area contributed by atoms with Gasteiger partial charge in [0.2, 0.25) is 0 Å². The van der Waals surface area contributed by atoms with Gasteiger partial charge in [0.15, 0.2) is 9.84 Å². The van der Waals surface area contributed by atoms with Crippen LogP contribution >= 0.6 is 31.9 Å². The Morgan fingerprint density at radius 1 is 0.939 bits per heavy atom. The standard InChI is InChI=1S/C25H20Br2N2O3S/c1-25(2)23-22(28-24(29-23)21-18(26)5-4-6-19(21)27)17-12-9-15(13-20(17)32-25)14-7-10-16(11-8-14)33(3,30)31/h4-13H,1-3H3,(H,28,29). The van der Waals surface area contributed by atoms with Crippen LogP contribution in [0.1, 0.15) is 19.5 Å². The third kappa shape index (κ3) is 3.94. The van der Waals surface area contributed by atoms with E-state index in [1.54, 1.807) is 12.1 Å².